The van der Waals surface area contributed by atoms with Crippen LogP contribution >= 0.6 is 38.9 Å². The van der Waals surface area contributed by atoms with Gasteiger partial charge in [0.15, 0.2) is 0 Å². The largest absolute Gasteiger partial charge is 0.142 e. The fourth-order valence-corrected chi connectivity index (χ4v) is 4.24. The molecule has 0 nitrogen and oxygen atoms in total. The maximum absolute atomic E-state index is 6.51. The van der Waals surface area contributed by atoms with Gasteiger partial charge in [-0.05, 0) is 50.7 Å². The fourth-order valence-electron chi connectivity index (χ4n) is 2.06. The molecule has 16 heavy (non-hydrogen) atoms. The third-order valence-electron chi connectivity index (χ3n) is 3.16. The first-order valence-corrected chi connectivity index (χ1v) is 7.66. The van der Waals surface area contributed by atoms with Gasteiger partial charge in [-0.15, -0.1) is 22.9 Å². The molecule has 3 heteroatoms. The molecule has 84 valence electrons. The van der Waals surface area contributed by atoms with Crippen LogP contribution in [0.4, 0.5) is 0 Å². The van der Waals surface area contributed by atoms with Gasteiger partial charge >= 0.3 is 0 Å². The van der Waals surface area contributed by atoms with Gasteiger partial charge in [0.05, 0.1) is 5.38 Å². The molecule has 0 saturated heterocycles. The van der Waals surface area contributed by atoms with Crippen LogP contribution in [0, 0.1) is 5.92 Å². The first-order chi connectivity index (χ1) is 7.75. The highest BCUT2D eigenvalue weighted by atomic mass is 79.9. The first-order valence-electron chi connectivity index (χ1n) is 5.55. The lowest BCUT2D eigenvalue weighted by Crippen LogP contribution is -1.90. The van der Waals surface area contributed by atoms with Crippen molar-refractivity contribution in [2.75, 3.05) is 0 Å². The fraction of sp³-hybridized carbons (Fsp3) is 0.385. The van der Waals surface area contributed by atoms with Gasteiger partial charge in [-0.3, -0.25) is 0 Å². The third kappa shape index (κ3) is 2.03. The highest BCUT2D eigenvalue weighted by Gasteiger charge is 2.26. The number of rotatable bonds is 3. The number of hydrogen-bond acceptors (Lipinski definition) is 1. The van der Waals surface area contributed by atoms with E-state index < -0.39 is 0 Å². The summed E-state index contributed by atoms with van der Waals surface area (Å²) in [5.74, 6) is 0.879. The van der Waals surface area contributed by atoms with Gasteiger partial charge in [-0.1, -0.05) is 25.0 Å². The predicted octanol–water partition coefficient (Wildman–Crippen LogP) is 5.74. The monoisotopic (exact) mass is 314 g/mol. The average molecular weight is 316 g/mol. The van der Waals surface area contributed by atoms with E-state index in [9.17, 15) is 0 Å². The third-order valence-corrected chi connectivity index (χ3v) is 5.54. The predicted molar refractivity (Wildman–Crippen MR) is 75.5 cm³/mol. The van der Waals surface area contributed by atoms with Crippen molar-refractivity contribution in [2.24, 2.45) is 5.92 Å². The van der Waals surface area contributed by atoms with E-state index in [0.29, 0.717) is 0 Å². The molecule has 0 radical (unpaired) electrons. The molecule has 0 bridgehead atoms. The summed E-state index contributed by atoms with van der Waals surface area (Å²) in [6.07, 6.45) is 3.88. The zero-order valence-corrected chi connectivity index (χ0v) is 11.9. The molecule has 1 heterocycles. The summed E-state index contributed by atoms with van der Waals surface area (Å²) in [6.45, 7) is 0. The summed E-state index contributed by atoms with van der Waals surface area (Å²) in [4.78, 5) is 0. The van der Waals surface area contributed by atoms with E-state index in [4.69, 9.17) is 11.6 Å². The van der Waals surface area contributed by atoms with Crippen LogP contribution in [0.15, 0.2) is 28.1 Å². The molecular formula is C13H12BrClS. The van der Waals surface area contributed by atoms with E-state index in [0.717, 1.165) is 12.3 Å². The maximum atomic E-state index is 6.51. The van der Waals surface area contributed by atoms with E-state index in [1.807, 2.05) is 0 Å². The van der Waals surface area contributed by atoms with E-state index in [-0.39, 0.29) is 5.38 Å². The number of thiophene rings is 1. The van der Waals surface area contributed by atoms with Crippen LogP contribution in [-0.2, 0) is 0 Å². The summed E-state index contributed by atoms with van der Waals surface area (Å²) < 4.78 is 2.50. The van der Waals surface area contributed by atoms with Gasteiger partial charge in [0.2, 0.25) is 0 Å². The second kappa shape index (κ2) is 4.32. The molecule has 0 aliphatic heterocycles. The van der Waals surface area contributed by atoms with Crippen LogP contribution in [0.3, 0.4) is 0 Å². The Labute approximate surface area is 113 Å². The summed E-state index contributed by atoms with van der Waals surface area (Å²) in [7, 11) is 0. The summed E-state index contributed by atoms with van der Waals surface area (Å²) in [6, 6.07) is 6.35. The molecule has 0 N–H and O–H groups in total. The molecule has 3 rings (SSSR count). The van der Waals surface area contributed by atoms with Gasteiger partial charge in [0, 0.05) is 9.17 Å². The number of halogens is 2. The highest BCUT2D eigenvalue weighted by molar-refractivity contribution is 9.10. The van der Waals surface area contributed by atoms with Crippen LogP contribution in [-0.4, -0.2) is 0 Å². The minimum atomic E-state index is 0.190. The molecule has 0 spiro atoms. The van der Waals surface area contributed by atoms with Crippen molar-refractivity contribution >= 4 is 49.0 Å². The first kappa shape index (κ1) is 11.1. The van der Waals surface area contributed by atoms with Gasteiger partial charge in [0.25, 0.3) is 0 Å². The van der Waals surface area contributed by atoms with E-state index in [2.05, 4.69) is 39.5 Å². The number of alkyl halides is 1. The molecular weight excluding hydrogens is 304 g/mol. The Hall–Kier alpha value is -0.0500. The van der Waals surface area contributed by atoms with Crippen LogP contribution < -0.4 is 0 Å². The molecule has 1 aliphatic carbocycles. The number of fused-ring (bicyclic) bond motifs is 1. The average Bonchev–Trinajstić information content (AvgIpc) is 2.96. The minimum Gasteiger partial charge on any atom is -0.142 e. The van der Waals surface area contributed by atoms with Gasteiger partial charge in [0.1, 0.15) is 0 Å². The molecule has 2 aromatic rings. The standard InChI is InChI=1S/C13H12BrClS/c14-11-3-1-2-9-10(7-16-13(9)11)12(15)6-8-4-5-8/h1-3,7-8,12H,4-6H2. The van der Waals surface area contributed by atoms with Crippen LogP contribution in [0.25, 0.3) is 10.1 Å². The molecule has 1 aliphatic rings. The zero-order chi connectivity index (χ0) is 11.1. The molecule has 1 aromatic carbocycles. The Kier molecular flexibility index (Phi) is 2.99. The Morgan fingerprint density at radius 2 is 2.25 bits per heavy atom. The van der Waals surface area contributed by atoms with Gasteiger partial charge in [-0.2, -0.15) is 0 Å². The lowest BCUT2D eigenvalue weighted by Gasteiger charge is -2.07. The van der Waals surface area contributed by atoms with E-state index in [1.54, 1.807) is 11.3 Å². The lowest BCUT2D eigenvalue weighted by molar-refractivity contribution is 0.710. The topological polar surface area (TPSA) is 0 Å². The lowest BCUT2D eigenvalue weighted by atomic mass is 10.1. The normalized spacial score (nSPS) is 17.9. The molecule has 1 aromatic heterocycles. The summed E-state index contributed by atoms with van der Waals surface area (Å²) >= 11 is 11.9. The molecule has 1 saturated carbocycles. The van der Waals surface area contributed by atoms with Gasteiger partial charge in [-0.25, -0.2) is 0 Å². The summed E-state index contributed by atoms with van der Waals surface area (Å²) in [5.41, 5.74) is 1.31. The van der Waals surface area contributed by atoms with Crippen molar-refractivity contribution in [2.45, 2.75) is 24.6 Å². The second-order valence-electron chi connectivity index (χ2n) is 4.45. The van der Waals surface area contributed by atoms with Crippen LogP contribution in [0.2, 0.25) is 0 Å². The van der Waals surface area contributed by atoms with Gasteiger partial charge < -0.3 is 0 Å². The van der Waals surface area contributed by atoms with Crippen molar-refractivity contribution in [1.29, 1.82) is 0 Å². The van der Waals surface area contributed by atoms with Crippen molar-refractivity contribution in [3.05, 3.63) is 33.6 Å². The Bertz CT molecular complexity index is 516. The molecule has 0 amide bonds. The summed E-state index contributed by atoms with van der Waals surface area (Å²) in [5, 5.41) is 3.73. The zero-order valence-electron chi connectivity index (χ0n) is 8.75. The molecule has 1 unspecified atom stereocenters. The van der Waals surface area contributed by atoms with E-state index in [1.165, 1.54) is 33.0 Å². The Balaban J connectivity index is 1.99. The molecule has 1 atom stereocenters. The maximum Gasteiger partial charge on any atom is 0.0602 e. The Morgan fingerprint density at radius 1 is 1.44 bits per heavy atom. The van der Waals surface area contributed by atoms with Crippen LogP contribution in [0.1, 0.15) is 30.2 Å². The minimum absolute atomic E-state index is 0.190. The molecule has 1 fully saturated rings. The van der Waals surface area contributed by atoms with Crippen LogP contribution in [0.5, 0.6) is 0 Å². The SMILES string of the molecule is ClC(CC1CC1)c1csc2c(Br)cccc12. The van der Waals surface area contributed by atoms with Crippen molar-refractivity contribution in [1.82, 2.24) is 0 Å². The smallest absolute Gasteiger partial charge is 0.0602 e. The van der Waals surface area contributed by atoms with Crippen molar-refractivity contribution in [3.63, 3.8) is 0 Å². The highest BCUT2D eigenvalue weighted by Crippen LogP contribution is 2.44. The number of benzene rings is 1. The second-order valence-corrected chi connectivity index (χ2v) is 6.71. The van der Waals surface area contributed by atoms with Crippen molar-refractivity contribution < 1.29 is 0 Å². The van der Waals surface area contributed by atoms with E-state index >= 15 is 0 Å². The quantitative estimate of drug-likeness (QED) is 0.633. The number of hydrogen-bond donors (Lipinski definition) is 0. The Morgan fingerprint density at radius 3 is 3.00 bits per heavy atom. The van der Waals surface area contributed by atoms with Crippen molar-refractivity contribution in [3.8, 4) is 0 Å².